The predicted octanol–water partition coefficient (Wildman–Crippen LogP) is 2.97. The molecule has 1 aromatic carbocycles. The van der Waals surface area contributed by atoms with Crippen molar-refractivity contribution in [2.24, 2.45) is 5.73 Å². The molecule has 0 saturated heterocycles. The summed E-state index contributed by atoms with van der Waals surface area (Å²) >= 11 is 0. The van der Waals surface area contributed by atoms with Crippen LogP contribution >= 0.6 is 0 Å². The van der Waals surface area contributed by atoms with Gasteiger partial charge in [0.1, 0.15) is 11.9 Å². The van der Waals surface area contributed by atoms with Crippen molar-refractivity contribution in [2.45, 2.75) is 31.9 Å². The van der Waals surface area contributed by atoms with Gasteiger partial charge in [-0.3, -0.25) is 0 Å². The van der Waals surface area contributed by atoms with Gasteiger partial charge in [-0.2, -0.15) is 0 Å². The van der Waals surface area contributed by atoms with Crippen molar-refractivity contribution >= 4 is 5.97 Å². The summed E-state index contributed by atoms with van der Waals surface area (Å²) in [6.45, 7) is 0.277. The molecule has 0 saturated carbocycles. The van der Waals surface area contributed by atoms with Crippen molar-refractivity contribution in [1.82, 2.24) is 0 Å². The number of ether oxygens (including phenoxy) is 1. The molecular formula is C16H17NO3. The number of carbonyl (C=O) groups excluding carboxylic acids is 1. The summed E-state index contributed by atoms with van der Waals surface area (Å²) < 4.78 is 10.9. The van der Waals surface area contributed by atoms with Gasteiger partial charge in [0, 0.05) is 0 Å². The van der Waals surface area contributed by atoms with Gasteiger partial charge in [-0.05, 0) is 42.5 Å². The molecule has 2 aromatic rings. The third-order valence-electron chi connectivity index (χ3n) is 3.63. The van der Waals surface area contributed by atoms with Crippen molar-refractivity contribution in [3.05, 3.63) is 59.0 Å². The Hall–Kier alpha value is -2.07. The van der Waals surface area contributed by atoms with Crippen molar-refractivity contribution in [1.29, 1.82) is 0 Å². The number of hydrogen-bond donors (Lipinski definition) is 1. The molecule has 1 heterocycles. The zero-order chi connectivity index (χ0) is 13.9. The lowest BCUT2D eigenvalue weighted by atomic mass is 9.89. The van der Waals surface area contributed by atoms with E-state index in [9.17, 15) is 4.79 Å². The quantitative estimate of drug-likeness (QED) is 0.872. The van der Waals surface area contributed by atoms with Gasteiger partial charge in [0.05, 0.1) is 6.54 Å². The number of hydrogen-bond acceptors (Lipinski definition) is 4. The van der Waals surface area contributed by atoms with E-state index in [1.54, 1.807) is 12.1 Å². The molecule has 0 aliphatic heterocycles. The smallest absolute Gasteiger partial charge is 0.374 e. The first-order chi connectivity index (χ1) is 9.78. The number of nitrogens with two attached hydrogens (primary N) is 1. The number of esters is 1. The third-order valence-corrected chi connectivity index (χ3v) is 3.63. The van der Waals surface area contributed by atoms with Crippen LogP contribution in [0.25, 0.3) is 0 Å². The maximum absolute atomic E-state index is 12.1. The summed E-state index contributed by atoms with van der Waals surface area (Å²) in [5, 5.41) is 0. The first-order valence-electron chi connectivity index (χ1n) is 6.85. The number of carbonyl (C=O) groups is 1. The molecule has 1 aliphatic carbocycles. The predicted molar refractivity (Wildman–Crippen MR) is 74.1 cm³/mol. The maximum Gasteiger partial charge on any atom is 0.374 e. The van der Waals surface area contributed by atoms with Gasteiger partial charge in [0.2, 0.25) is 5.76 Å². The molecule has 3 rings (SSSR count). The Morgan fingerprint density at radius 2 is 2.15 bits per heavy atom. The van der Waals surface area contributed by atoms with Gasteiger partial charge in [-0.15, -0.1) is 0 Å². The second-order valence-corrected chi connectivity index (χ2v) is 4.96. The van der Waals surface area contributed by atoms with Crippen LogP contribution in [0.2, 0.25) is 0 Å². The van der Waals surface area contributed by atoms with Crippen LogP contribution in [0.5, 0.6) is 0 Å². The third kappa shape index (κ3) is 2.47. The summed E-state index contributed by atoms with van der Waals surface area (Å²) in [6.07, 6.45) is 2.75. The Morgan fingerprint density at radius 3 is 2.95 bits per heavy atom. The van der Waals surface area contributed by atoms with Crippen molar-refractivity contribution in [3.63, 3.8) is 0 Å². The highest BCUT2D eigenvalue weighted by Gasteiger charge is 2.25. The van der Waals surface area contributed by atoms with E-state index in [2.05, 4.69) is 6.07 Å². The minimum atomic E-state index is -0.425. The molecule has 0 amide bonds. The first kappa shape index (κ1) is 12.9. The molecule has 104 valence electrons. The highest BCUT2D eigenvalue weighted by molar-refractivity contribution is 5.86. The van der Waals surface area contributed by atoms with Crippen LogP contribution in [0.3, 0.4) is 0 Å². The lowest BCUT2D eigenvalue weighted by Gasteiger charge is -2.24. The van der Waals surface area contributed by atoms with E-state index >= 15 is 0 Å². The van der Waals surface area contributed by atoms with E-state index in [0.717, 1.165) is 24.8 Å². The fourth-order valence-electron chi connectivity index (χ4n) is 2.62. The lowest BCUT2D eigenvalue weighted by Crippen LogP contribution is -2.16. The van der Waals surface area contributed by atoms with Gasteiger partial charge < -0.3 is 14.9 Å². The van der Waals surface area contributed by atoms with E-state index in [1.165, 1.54) is 5.56 Å². The average molecular weight is 271 g/mol. The van der Waals surface area contributed by atoms with Crippen molar-refractivity contribution in [3.8, 4) is 0 Å². The molecule has 1 unspecified atom stereocenters. The number of fused-ring (bicyclic) bond motifs is 1. The summed E-state index contributed by atoms with van der Waals surface area (Å²) in [5.41, 5.74) is 7.84. The standard InChI is InChI=1S/C16H17NO3/c17-10-12-8-9-15(19-12)16(18)20-14-7-3-5-11-4-1-2-6-13(11)14/h1-2,4,6,8-9,14H,3,5,7,10,17H2. The Kier molecular flexibility index (Phi) is 3.56. The number of benzene rings is 1. The fourth-order valence-corrected chi connectivity index (χ4v) is 2.62. The monoisotopic (exact) mass is 271 g/mol. The molecule has 4 nitrogen and oxygen atoms in total. The molecule has 1 aliphatic rings. The second kappa shape index (κ2) is 5.51. The zero-order valence-corrected chi connectivity index (χ0v) is 11.2. The van der Waals surface area contributed by atoms with Crippen molar-refractivity contribution in [2.75, 3.05) is 0 Å². The van der Waals surface area contributed by atoms with E-state index in [0.29, 0.717) is 5.76 Å². The molecule has 0 fully saturated rings. The highest BCUT2D eigenvalue weighted by atomic mass is 16.6. The number of rotatable bonds is 3. The minimum Gasteiger partial charge on any atom is -0.453 e. The van der Waals surface area contributed by atoms with Gasteiger partial charge in [0.15, 0.2) is 0 Å². The molecule has 2 N–H and O–H groups in total. The Labute approximate surface area is 117 Å². The number of aryl methyl sites for hydroxylation is 1. The SMILES string of the molecule is NCc1ccc(C(=O)OC2CCCc3ccccc32)o1. The Bertz CT molecular complexity index is 618. The zero-order valence-electron chi connectivity index (χ0n) is 11.2. The first-order valence-corrected chi connectivity index (χ1v) is 6.85. The minimum absolute atomic E-state index is 0.182. The highest BCUT2D eigenvalue weighted by Crippen LogP contribution is 2.33. The van der Waals surface area contributed by atoms with Crippen molar-refractivity contribution < 1.29 is 13.9 Å². The largest absolute Gasteiger partial charge is 0.453 e. The second-order valence-electron chi connectivity index (χ2n) is 4.96. The normalized spacial score (nSPS) is 17.6. The molecule has 1 atom stereocenters. The Balaban J connectivity index is 1.77. The van der Waals surface area contributed by atoms with Crippen LogP contribution in [-0.4, -0.2) is 5.97 Å². The lowest BCUT2D eigenvalue weighted by molar-refractivity contribution is 0.0219. The average Bonchev–Trinajstić information content (AvgIpc) is 2.97. The van der Waals surface area contributed by atoms with E-state index in [4.69, 9.17) is 14.9 Å². The number of furan rings is 1. The Morgan fingerprint density at radius 1 is 1.30 bits per heavy atom. The molecule has 0 radical (unpaired) electrons. The van der Waals surface area contributed by atoms with Crippen LogP contribution in [0, 0.1) is 0 Å². The molecule has 0 bridgehead atoms. The summed E-state index contributed by atoms with van der Waals surface area (Å²) in [6, 6.07) is 11.4. The van der Waals surface area contributed by atoms with E-state index in [-0.39, 0.29) is 18.4 Å². The maximum atomic E-state index is 12.1. The van der Waals surface area contributed by atoms with Gasteiger partial charge in [0.25, 0.3) is 0 Å². The molecular weight excluding hydrogens is 254 g/mol. The summed E-state index contributed by atoms with van der Waals surface area (Å²) in [7, 11) is 0. The topological polar surface area (TPSA) is 65.5 Å². The van der Waals surface area contributed by atoms with Crippen LogP contribution in [0.1, 0.15) is 46.4 Å². The van der Waals surface area contributed by atoms with E-state index < -0.39 is 5.97 Å². The fraction of sp³-hybridized carbons (Fsp3) is 0.312. The van der Waals surface area contributed by atoms with E-state index in [1.807, 2.05) is 18.2 Å². The van der Waals surface area contributed by atoms with Gasteiger partial charge in [-0.25, -0.2) is 4.79 Å². The van der Waals surface area contributed by atoms with Crippen LogP contribution in [0.4, 0.5) is 0 Å². The molecule has 20 heavy (non-hydrogen) atoms. The van der Waals surface area contributed by atoms with Gasteiger partial charge >= 0.3 is 5.97 Å². The van der Waals surface area contributed by atoms with Crippen LogP contribution in [-0.2, 0) is 17.7 Å². The summed E-state index contributed by atoms with van der Waals surface area (Å²) in [5.74, 6) is 0.376. The summed E-state index contributed by atoms with van der Waals surface area (Å²) in [4.78, 5) is 12.1. The van der Waals surface area contributed by atoms with Crippen LogP contribution < -0.4 is 5.73 Å². The van der Waals surface area contributed by atoms with Gasteiger partial charge in [-0.1, -0.05) is 24.3 Å². The van der Waals surface area contributed by atoms with Crippen LogP contribution in [0.15, 0.2) is 40.8 Å². The molecule has 0 spiro atoms. The molecule has 1 aromatic heterocycles. The molecule has 4 heteroatoms.